The summed E-state index contributed by atoms with van der Waals surface area (Å²) >= 11 is 0. The lowest BCUT2D eigenvalue weighted by atomic mass is 9.86. The molecule has 4 rings (SSSR count). The van der Waals surface area contributed by atoms with Crippen LogP contribution in [0.25, 0.3) is 11.1 Å². The summed E-state index contributed by atoms with van der Waals surface area (Å²) in [5.41, 5.74) is 2.99. The molecule has 13 heteroatoms. The summed E-state index contributed by atoms with van der Waals surface area (Å²) in [4.78, 5) is -3.20. The van der Waals surface area contributed by atoms with Crippen LogP contribution in [0.5, 0.6) is 17.2 Å². The molecule has 0 radical (unpaired) electrons. The third-order valence-corrected chi connectivity index (χ3v) is 9.70. The number of phenolic OH excluding ortho intramolecular Hbond substituents is 1. The second kappa shape index (κ2) is 10.6. The second-order valence-corrected chi connectivity index (χ2v) is 14.9. The molecule has 0 aliphatic rings. The lowest BCUT2D eigenvalue weighted by molar-refractivity contribution is 0.442. The molecule has 0 spiro atoms. The zero-order chi connectivity index (χ0) is 30.4. The van der Waals surface area contributed by atoms with Gasteiger partial charge in [-0.1, -0.05) is 57.2 Å². The molecular formula is C28H26O10S3. The Morgan fingerprint density at radius 3 is 1.56 bits per heavy atom. The average Bonchev–Trinajstić information content (AvgIpc) is 2.87. The number of ether oxygens (including phenoxy) is 1. The number of hydrogen-bond acceptors (Lipinski definition) is 8. The largest absolute Gasteiger partial charge is 0.506 e. The van der Waals surface area contributed by atoms with Gasteiger partial charge in [-0.15, -0.1) is 0 Å². The summed E-state index contributed by atoms with van der Waals surface area (Å²) in [6.07, 6.45) is 0. The number of phenols is 1. The Morgan fingerprint density at radius 1 is 0.610 bits per heavy atom. The molecule has 216 valence electrons. The van der Waals surface area contributed by atoms with Crippen molar-refractivity contribution < 1.29 is 44.2 Å². The molecule has 41 heavy (non-hydrogen) atoms. The first-order chi connectivity index (χ1) is 18.9. The summed E-state index contributed by atoms with van der Waals surface area (Å²) < 4.78 is 98.4. The summed E-state index contributed by atoms with van der Waals surface area (Å²) in [6.45, 7) is 6.35. The van der Waals surface area contributed by atoms with E-state index in [1.807, 2.05) is 24.3 Å². The molecule has 0 aliphatic carbocycles. The van der Waals surface area contributed by atoms with E-state index in [0.29, 0.717) is 12.1 Å². The van der Waals surface area contributed by atoms with E-state index >= 15 is 0 Å². The molecule has 0 unspecified atom stereocenters. The zero-order valence-electron chi connectivity index (χ0n) is 22.0. The van der Waals surface area contributed by atoms with E-state index in [-0.39, 0.29) is 16.9 Å². The minimum absolute atomic E-state index is 0.00291. The van der Waals surface area contributed by atoms with E-state index in [1.54, 1.807) is 24.3 Å². The SMILES string of the molecule is CC(C)(C)c1ccc(-c2ccc(Oc3ccc(S(=O)(=O)c4ccc(O)c(S(=O)(=O)O)c4)cc3S(=O)(=O)O)cc2)cc1. The Hall–Kier alpha value is -3.75. The predicted octanol–water partition coefficient (Wildman–Crippen LogP) is 5.48. The van der Waals surface area contributed by atoms with Gasteiger partial charge in [0.15, 0.2) is 0 Å². The molecule has 10 nitrogen and oxygen atoms in total. The molecule has 0 aromatic heterocycles. The quantitative estimate of drug-likeness (QED) is 0.225. The molecule has 0 atom stereocenters. The van der Waals surface area contributed by atoms with E-state index < -0.39 is 55.4 Å². The van der Waals surface area contributed by atoms with Crippen LogP contribution in [-0.4, -0.2) is 39.5 Å². The van der Waals surface area contributed by atoms with E-state index in [4.69, 9.17) is 4.74 Å². The predicted molar refractivity (Wildman–Crippen MR) is 150 cm³/mol. The molecule has 0 aliphatic heterocycles. The van der Waals surface area contributed by atoms with Crippen LogP contribution in [0.1, 0.15) is 26.3 Å². The van der Waals surface area contributed by atoms with Crippen LogP contribution in [0.2, 0.25) is 0 Å². The smallest absolute Gasteiger partial charge is 0.298 e. The van der Waals surface area contributed by atoms with Gasteiger partial charge in [-0.05, 0) is 70.6 Å². The van der Waals surface area contributed by atoms with Crippen molar-refractivity contribution in [3.05, 3.63) is 90.5 Å². The highest BCUT2D eigenvalue weighted by molar-refractivity contribution is 7.91. The van der Waals surface area contributed by atoms with Crippen LogP contribution >= 0.6 is 0 Å². The van der Waals surface area contributed by atoms with E-state index in [2.05, 4.69) is 20.8 Å². The van der Waals surface area contributed by atoms with Crippen molar-refractivity contribution in [2.24, 2.45) is 0 Å². The van der Waals surface area contributed by atoms with E-state index in [9.17, 15) is 39.5 Å². The highest BCUT2D eigenvalue weighted by atomic mass is 32.2. The maximum atomic E-state index is 13.1. The first-order valence-corrected chi connectivity index (χ1v) is 16.3. The number of sulfone groups is 1. The van der Waals surface area contributed by atoms with E-state index in [0.717, 1.165) is 35.4 Å². The maximum absolute atomic E-state index is 13.1. The molecule has 0 fully saturated rings. The normalized spacial score (nSPS) is 12.7. The summed E-state index contributed by atoms with van der Waals surface area (Å²) in [5, 5.41) is 9.69. The molecule has 0 saturated heterocycles. The Kier molecular flexibility index (Phi) is 7.80. The van der Waals surface area contributed by atoms with Gasteiger partial charge >= 0.3 is 0 Å². The monoisotopic (exact) mass is 618 g/mol. The van der Waals surface area contributed by atoms with Crippen molar-refractivity contribution in [1.29, 1.82) is 0 Å². The Bertz CT molecular complexity index is 1940. The molecule has 0 saturated carbocycles. The topological polar surface area (TPSA) is 172 Å². The fourth-order valence-corrected chi connectivity index (χ4v) is 6.66. The van der Waals surface area contributed by atoms with Crippen LogP contribution in [0.15, 0.2) is 105 Å². The summed E-state index contributed by atoms with van der Waals surface area (Å²) in [5.74, 6) is -1.04. The second-order valence-electron chi connectivity index (χ2n) is 10.1. The fourth-order valence-electron chi connectivity index (χ4n) is 3.95. The highest BCUT2D eigenvalue weighted by Gasteiger charge is 2.27. The molecule has 0 heterocycles. The first kappa shape index (κ1) is 30.2. The average molecular weight is 619 g/mol. The van der Waals surface area contributed by atoms with Crippen LogP contribution in [0.3, 0.4) is 0 Å². The van der Waals surface area contributed by atoms with Crippen LogP contribution in [0.4, 0.5) is 0 Å². The van der Waals surface area contributed by atoms with Crippen LogP contribution < -0.4 is 4.74 Å². The number of hydrogen-bond donors (Lipinski definition) is 3. The summed E-state index contributed by atoms with van der Waals surface area (Å²) in [7, 11) is -14.5. The van der Waals surface area contributed by atoms with Gasteiger partial charge in [-0.25, -0.2) is 8.42 Å². The molecular weight excluding hydrogens is 592 g/mol. The van der Waals surface area contributed by atoms with Crippen molar-refractivity contribution >= 4 is 30.1 Å². The van der Waals surface area contributed by atoms with Crippen LogP contribution in [0, 0.1) is 0 Å². The van der Waals surface area contributed by atoms with Gasteiger partial charge in [0.25, 0.3) is 20.2 Å². The highest BCUT2D eigenvalue weighted by Crippen LogP contribution is 2.35. The Labute approximate surface area is 238 Å². The van der Waals surface area contributed by atoms with Crippen molar-refractivity contribution in [2.75, 3.05) is 0 Å². The number of rotatable bonds is 7. The van der Waals surface area contributed by atoms with Crippen molar-refractivity contribution in [2.45, 2.75) is 45.8 Å². The van der Waals surface area contributed by atoms with Gasteiger partial charge < -0.3 is 9.84 Å². The molecule has 4 aromatic carbocycles. The van der Waals surface area contributed by atoms with Gasteiger partial charge in [0.05, 0.1) is 9.79 Å². The zero-order valence-corrected chi connectivity index (χ0v) is 24.5. The molecule has 0 amide bonds. The molecule has 3 N–H and O–H groups in total. The van der Waals surface area contributed by atoms with E-state index in [1.165, 1.54) is 5.56 Å². The number of benzene rings is 4. The first-order valence-electron chi connectivity index (χ1n) is 11.9. The third-order valence-electron chi connectivity index (χ3n) is 6.19. The lowest BCUT2D eigenvalue weighted by Crippen LogP contribution is -2.10. The van der Waals surface area contributed by atoms with Gasteiger partial charge in [0, 0.05) is 0 Å². The maximum Gasteiger partial charge on any atom is 0.298 e. The Balaban J connectivity index is 1.67. The summed E-state index contributed by atoms with van der Waals surface area (Å²) in [6, 6.07) is 19.6. The number of aromatic hydroxyl groups is 1. The van der Waals surface area contributed by atoms with Gasteiger partial charge in [0.1, 0.15) is 27.0 Å². The molecule has 4 aromatic rings. The standard InChI is InChI=1S/C28H26O10S3/c1-28(2,3)20-8-4-18(5-9-20)19-6-10-21(11-7-19)38-25-15-13-23(17-27(25)41(35,36)37)39(30,31)22-12-14-24(29)26(16-22)40(32,33)34/h4-17,29H,1-3H3,(H,32,33,34)(H,35,36,37). The van der Waals surface area contributed by atoms with Gasteiger partial charge in [-0.3, -0.25) is 9.11 Å². The Morgan fingerprint density at radius 2 is 1.07 bits per heavy atom. The minimum Gasteiger partial charge on any atom is -0.506 e. The van der Waals surface area contributed by atoms with Crippen molar-refractivity contribution in [3.8, 4) is 28.4 Å². The van der Waals surface area contributed by atoms with Crippen LogP contribution in [-0.2, 0) is 35.5 Å². The van der Waals surface area contributed by atoms with Gasteiger partial charge in [-0.2, -0.15) is 16.8 Å². The minimum atomic E-state index is -4.99. The van der Waals surface area contributed by atoms with Crippen molar-refractivity contribution in [1.82, 2.24) is 0 Å². The van der Waals surface area contributed by atoms with Crippen molar-refractivity contribution in [3.63, 3.8) is 0 Å². The third kappa shape index (κ3) is 6.60. The van der Waals surface area contributed by atoms with Gasteiger partial charge in [0.2, 0.25) is 9.84 Å². The molecule has 0 bridgehead atoms. The fraction of sp³-hybridized carbons (Fsp3) is 0.143. The lowest BCUT2D eigenvalue weighted by Gasteiger charge is -2.19.